The van der Waals surface area contributed by atoms with E-state index in [4.69, 9.17) is 7.80 Å². The maximum Gasteiger partial charge on any atom is 0.110 e. The molecule has 94 valence electrons. The summed E-state index contributed by atoms with van der Waals surface area (Å²) in [5, 5.41) is 4.37. The fraction of sp³-hybridized carbons (Fsp3) is 0.583. The molecule has 0 aromatic carbocycles. The number of rotatable bonds is 4. The van der Waals surface area contributed by atoms with Crippen molar-refractivity contribution in [3.8, 4) is 0 Å². The Hall–Kier alpha value is -0.400. The Morgan fingerprint density at radius 1 is 1.59 bits per heavy atom. The molecule has 0 amide bonds. The minimum atomic E-state index is 0.358. The summed E-state index contributed by atoms with van der Waals surface area (Å²) in [4.78, 5) is 0. The van der Waals surface area contributed by atoms with E-state index in [1.54, 1.807) is 0 Å². The maximum atomic E-state index is 5.56. The van der Waals surface area contributed by atoms with Gasteiger partial charge in [0, 0.05) is 17.8 Å². The number of hydrogen-bond donors (Lipinski definition) is 0. The first-order chi connectivity index (χ1) is 8.24. The van der Waals surface area contributed by atoms with Crippen molar-refractivity contribution in [2.45, 2.75) is 26.3 Å². The third kappa shape index (κ3) is 2.89. The van der Waals surface area contributed by atoms with Gasteiger partial charge in [-0.25, -0.2) is 0 Å². The molecule has 1 aromatic rings. The second kappa shape index (κ2) is 5.97. The van der Waals surface area contributed by atoms with Crippen LogP contribution in [-0.2, 0) is 7.80 Å². The first kappa shape index (κ1) is 13.0. The minimum absolute atomic E-state index is 0.358. The van der Waals surface area contributed by atoms with Crippen LogP contribution in [0.25, 0.3) is 5.57 Å². The van der Waals surface area contributed by atoms with Crippen molar-refractivity contribution in [1.29, 1.82) is 0 Å². The van der Waals surface area contributed by atoms with E-state index in [1.807, 2.05) is 33.9 Å². The molecule has 0 spiro atoms. The van der Waals surface area contributed by atoms with E-state index in [0.29, 0.717) is 19.3 Å². The number of hydrogen-bond acceptors (Lipinski definition) is 3. The van der Waals surface area contributed by atoms with E-state index in [9.17, 15) is 0 Å². The summed E-state index contributed by atoms with van der Waals surface area (Å²) in [6.07, 6.45) is 2.79. The summed E-state index contributed by atoms with van der Waals surface area (Å²) >= 11 is 1.94. The summed E-state index contributed by atoms with van der Waals surface area (Å²) in [6, 6.07) is 2.41. The Bertz CT molecular complexity index is 412. The monoisotopic (exact) mass is 348 g/mol. The summed E-state index contributed by atoms with van der Waals surface area (Å²) in [5.74, 6) is 0. The third-order valence-corrected chi connectivity index (χ3v) is 3.23. The molecule has 4 nitrogen and oxygen atoms in total. The fourth-order valence-corrected chi connectivity index (χ4v) is 2.44. The normalized spacial score (nSPS) is 16.9. The highest BCUT2D eigenvalue weighted by Gasteiger charge is 2.18. The van der Waals surface area contributed by atoms with Crippen molar-refractivity contribution >= 4 is 28.6 Å². The van der Waals surface area contributed by atoms with Gasteiger partial charge in [-0.05, 0) is 31.9 Å². The first-order valence-corrected chi connectivity index (χ1v) is 6.68. The van der Waals surface area contributed by atoms with Crippen LogP contribution in [0.2, 0.25) is 0 Å². The Balaban J connectivity index is 2.38. The second-order valence-corrected chi connectivity index (χ2v) is 5.02. The lowest BCUT2D eigenvalue weighted by molar-refractivity contribution is 0.157. The minimum Gasteiger partial charge on any atom is -0.376 e. The Kier molecular flexibility index (Phi) is 4.58. The third-order valence-electron chi connectivity index (χ3n) is 2.92. The predicted molar refractivity (Wildman–Crippen MR) is 74.9 cm³/mol. The van der Waals surface area contributed by atoms with Gasteiger partial charge < -0.3 is 7.80 Å². The average molecular weight is 348 g/mol. The van der Waals surface area contributed by atoms with Crippen molar-refractivity contribution in [1.82, 2.24) is 9.78 Å². The van der Waals surface area contributed by atoms with Gasteiger partial charge in [0.25, 0.3) is 0 Å². The van der Waals surface area contributed by atoms with E-state index >= 15 is 0 Å². The fourth-order valence-electron chi connectivity index (χ4n) is 2.07. The molecular formula is C12H17IN2O2. The number of halogens is 1. The van der Waals surface area contributed by atoms with Gasteiger partial charge in [0.05, 0.1) is 25.5 Å². The van der Waals surface area contributed by atoms with E-state index in [1.165, 1.54) is 11.1 Å². The van der Waals surface area contributed by atoms with E-state index in [0.717, 1.165) is 18.7 Å². The molecule has 0 radical (unpaired) electrons. The zero-order valence-electron chi connectivity index (χ0n) is 10.1. The average Bonchev–Trinajstić information content (AvgIpc) is 2.79. The van der Waals surface area contributed by atoms with E-state index in [2.05, 4.69) is 25.0 Å². The molecule has 5 heteroatoms. The van der Waals surface area contributed by atoms with Gasteiger partial charge >= 0.3 is 0 Å². The highest BCUT2D eigenvalue weighted by Crippen LogP contribution is 2.27. The van der Waals surface area contributed by atoms with Gasteiger partial charge in [-0.1, -0.05) is 0 Å². The van der Waals surface area contributed by atoms with Crippen molar-refractivity contribution in [3.63, 3.8) is 0 Å². The van der Waals surface area contributed by atoms with Gasteiger partial charge in [0.2, 0.25) is 0 Å². The van der Waals surface area contributed by atoms with Crippen LogP contribution < -0.4 is 0 Å². The summed E-state index contributed by atoms with van der Waals surface area (Å²) in [5.41, 5.74) is 3.72. The molecule has 0 unspecified atom stereocenters. The van der Waals surface area contributed by atoms with Crippen LogP contribution in [0.3, 0.4) is 0 Å². The standard InChI is InChI=1S/C12H17IN2O2/c1-9(2)15-12(3-5-14-15)11-8-16-6-4-10(11)7-17-13/h3,5,9H,4,6-8H2,1-2H3. The molecule has 0 aliphatic carbocycles. The van der Waals surface area contributed by atoms with Crippen molar-refractivity contribution in [3.05, 3.63) is 23.5 Å². The molecular weight excluding hydrogens is 331 g/mol. The Morgan fingerprint density at radius 2 is 2.41 bits per heavy atom. The second-order valence-electron chi connectivity index (χ2n) is 4.39. The quantitative estimate of drug-likeness (QED) is 0.785. The SMILES string of the molecule is CC(C)n1nccc1C1=C(COI)CCOC1. The summed E-state index contributed by atoms with van der Waals surface area (Å²) < 4.78 is 12.8. The molecule has 0 atom stereocenters. The molecule has 0 bridgehead atoms. The van der Waals surface area contributed by atoms with Crippen LogP contribution in [0.4, 0.5) is 0 Å². The lowest BCUT2D eigenvalue weighted by atomic mass is 10.0. The van der Waals surface area contributed by atoms with Gasteiger partial charge in [-0.3, -0.25) is 4.68 Å². The summed E-state index contributed by atoms with van der Waals surface area (Å²) in [7, 11) is 0. The molecule has 1 aliphatic heterocycles. The van der Waals surface area contributed by atoms with Crippen LogP contribution in [-0.4, -0.2) is 29.6 Å². The molecule has 0 N–H and O–H groups in total. The van der Waals surface area contributed by atoms with Gasteiger partial charge in [-0.2, -0.15) is 5.10 Å². The van der Waals surface area contributed by atoms with Gasteiger partial charge in [0.15, 0.2) is 0 Å². The number of nitrogens with zero attached hydrogens (tertiary/aromatic N) is 2. The first-order valence-electron chi connectivity index (χ1n) is 5.80. The van der Waals surface area contributed by atoms with Crippen LogP contribution in [0.5, 0.6) is 0 Å². The molecule has 1 aliphatic rings. The van der Waals surface area contributed by atoms with E-state index < -0.39 is 0 Å². The zero-order chi connectivity index (χ0) is 12.3. The molecule has 2 heterocycles. The molecule has 17 heavy (non-hydrogen) atoms. The predicted octanol–water partition coefficient (Wildman–Crippen LogP) is 3.00. The number of aromatic nitrogens is 2. The lowest BCUT2D eigenvalue weighted by Gasteiger charge is -2.22. The smallest absolute Gasteiger partial charge is 0.110 e. The molecule has 2 rings (SSSR count). The van der Waals surface area contributed by atoms with Crippen LogP contribution in [0.15, 0.2) is 17.8 Å². The highest BCUT2D eigenvalue weighted by molar-refractivity contribution is 14.1. The number of ether oxygens (including phenoxy) is 1. The summed E-state index contributed by atoms with van der Waals surface area (Å²) in [6.45, 7) is 6.38. The van der Waals surface area contributed by atoms with Gasteiger partial charge in [0.1, 0.15) is 23.0 Å². The van der Waals surface area contributed by atoms with Crippen molar-refractivity contribution in [2.24, 2.45) is 0 Å². The zero-order valence-corrected chi connectivity index (χ0v) is 12.3. The Labute approximate surface area is 116 Å². The van der Waals surface area contributed by atoms with Crippen LogP contribution >= 0.6 is 23.0 Å². The largest absolute Gasteiger partial charge is 0.376 e. The topological polar surface area (TPSA) is 36.3 Å². The molecule has 1 aromatic heterocycles. The Morgan fingerprint density at radius 3 is 3.12 bits per heavy atom. The lowest BCUT2D eigenvalue weighted by Crippen LogP contribution is -2.16. The van der Waals surface area contributed by atoms with Gasteiger partial charge in [-0.15, -0.1) is 0 Å². The van der Waals surface area contributed by atoms with E-state index in [-0.39, 0.29) is 0 Å². The maximum absolute atomic E-state index is 5.56. The van der Waals surface area contributed by atoms with Crippen LogP contribution in [0, 0.1) is 0 Å². The highest BCUT2D eigenvalue weighted by atomic mass is 127. The van der Waals surface area contributed by atoms with Crippen LogP contribution in [0.1, 0.15) is 32.0 Å². The van der Waals surface area contributed by atoms with Crippen molar-refractivity contribution in [2.75, 3.05) is 19.8 Å². The molecule has 0 saturated heterocycles. The van der Waals surface area contributed by atoms with Crippen molar-refractivity contribution < 1.29 is 7.80 Å². The molecule has 0 saturated carbocycles. The molecule has 0 fully saturated rings.